The Kier molecular flexibility index (Phi) is 8.01. The zero-order valence-corrected chi connectivity index (χ0v) is 22.9. The summed E-state index contributed by atoms with van der Waals surface area (Å²) in [6.07, 6.45) is 0. The molecular weight excluding hydrogens is 543 g/mol. The fourth-order valence-electron chi connectivity index (χ4n) is 3.60. The number of hydrogen-bond donors (Lipinski definition) is 3. The summed E-state index contributed by atoms with van der Waals surface area (Å²) in [4.78, 5) is 37.3. The number of ether oxygens (including phenoxy) is 2. The van der Waals surface area contributed by atoms with E-state index < -0.39 is 0 Å². The third-order valence-electron chi connectivity index (χ3n) is 5.37. The molecule has 38 heavy (non-hydrogen) atoms. The van der Waals surface area contributed by atoms with Crippen LogP contribution in [0.4, 0.5) is 11.4 Å². The summed E-state index contributed by atoms with van der Waals surface area (Å²) in [5, 5.41) is 6.49. The van der Waals surface area contributed by atoms with Crippen LogP contribution in [0.1, 0.15) is 0 Å². The number of anilines is 2. The van der Waals surface area contributed by atoms with Gasteiger partial charge in [0.2, 0.25) is 11.8 Å². The minimum atomic E-state index is -0.185. The van der Waals surface area contributed by atoms with Crippen molar-refractivity contribution in [3.63, 3.8) is 0 Å². The Labute approximate surface area is 230 Å². The lowest BCUT2D eigenvalue weighted by Crippen LogP contribution is -2.14. The van der Waals surface area contributed by atoms with Crippen LogP contribution in [-0.4, -0.2) is 52.5 Å². The molecule has 2 aromatic heterocycles. The predicted octanol–water partition coefficient (Wildman–Crippen LogP) is 5.65. The summed E-state index contributed by atoms with van der Waals surface area (Å²) in [6, 6.07) is 18.5. The van der Waals surface area contributed by atoms with Crippen LogP contribution in [0.15, 0.2) is 70.2 Å². The van der Waals surface area contributed by atoms with Gasteiger partial charge in [0, 0.05) is 11.8 Å². The third-order valence-corrected chi connectivity index (χ3v) is 8.40. The highest BCUT2D eigenvalue weighted by Gasteiger charge is 2.13. The van der Waals surface area contributed by atoms with Crippen molar-refractivity contribution in [1.82, 2.24) is 15.0 Å². The second-order valence-electron chi connectivity index (χ2n) is 7.96. The molecule has 2 amide bonds. The van der Waals surface area contributed by atoms with Crippen LogP contribution in [0.5, 0.6) is 11.5 Å². The van der Waals surface area contributed by atoms with Crippen molar-refractivity contribution in [2.75, 3.05) is 36.4 Å². The number of fused-ring (bicyclic) bond motifs is 2. The molecule has 0 saturated carbocycles. The van der Waals surface area contributed by atoms with Gasteiger partial charge in [-0.05, 0) is 42.5 Å². The third kappa shape index (κ3) is 6.21. The molecular formula is C26H23N5O4S3. The molecule has 0 aliphatic rings. The molecule has 194 valence electrons. The molecule has 0 aliphatic heterocycles. The highest BCUT2D eigenvalue weighted by molar-refractivity contribution is 8.01. The molecule has 5 aromatic rings. The number of thiazole rings is 1. The normalized spacial score (nSPS) is 11.0. The van der Waals surface area contributed by atoms with Crippen molar-refractivity contribution < 1.29 is 19.1 Å². The SMILES string of the molecule is COc1ccc(OC)c(NC(=O)CSc2nc3ccc(NC(=O)CSc4nc5ccccc5[nH]4)cc3s2)c1. The van der Waals surface area contributed by atoms with Crippen LogP contribution >= 0.6 is 34.9 Å². The summed E-state index contributed by atoms with van der Waals surface area (Å²) in [5.41, 5.74) is 3.85. The van der Waals surface area contributed by atoms with Gasteiger partial charge in [0.05, 0.1) is 52.7 Å². The number of H-pyrrole nitrogens is 1. The van der Waals surface area contributed by atoms with Crippen LogP contribution in [0.25, 0.3) is 21.3 Å². The maximum atomic E-state index is 12.6. The van der Waals surface area contributed by atoms with Crippen molar-refractivity contribution in [3.8, 4) is 11.5 Å². The molecule has 0 atom stereocenters. The number of thioether (sulfide) groups is 2. The molecule has 9 nitrogen and oxygen atoms in total. The number of nitrogens with zero attached hydrogens (tertiary/aromatic N) is 2. The molecule has 0 saturated heterocycles. The number of rotatable bonds is 10. The van der Waals surface area contributed by atoms with Crippen molar-refractivity contribution in [1.29, 1.82) is 0 Å². The lowest BCUT2D eigenvalue weighted by atomic mass is 10.2. The summed E-state index contributed by atoms with van der Waals surface area (Å²) >= 11 is 4.17. The first-order valence-corrected chi connectivity index (χ1v) is 14.2. The Bertz CT molecular complexity index is 1580. The first kappa shape index (κ1) is 25.9. The van der Waals surface area contributed by atoms with E-state index >= 15 is 0 Å². The number of aromatic amines is 1. The van der Waals surface area contributed by atoms with Crippen LogP contribution in [-0.2, 0) is 9.59 Å². The minimum absolute atomic E-state index is 0.126. The van der Waals surface area contributed by atoms with Gasteiger partial charge in [-0.3, -0.25) is 9.59 Å². The Morgan fingerprint density at radius 2 is 1.71 bits per heavy atom. The number of imidazole rings is 1. The largest absolute Gasteiger partial charge is 0.497 e. The maximum Gasteiger partial charge on any atom is 0.234 e. The molecule has 3 aromatic carbocycles. The topological polar surface area (TPSA) is 118 Å². The molecule has 0 spiro atoms. The Balaban J connectivity index is 1.15. The minimum Gasteiger partial charge on any atom is -0.497 e. The number of methoxy groups -OCH3 is 2. The smallest absolute Gasteiger partial charge is 0.234 e. The molecule has 0 radical (unpaired) electrons. The number of carbonyl (C=O) groups is 2. The lowest BCUT2D eigenvalue weighted by Gasteiger charge is -2.11. The quantitative estimate of drug-likeness (QED) is 0.186. The van der Waals surface area contributed by atoms with E-state index in [1.54, 1.807) is 32.4 Å². The fourth-order valence-corrected chi connectivity index (χ4v) is 6.19. The molecule has 2 heterocycles. The van der Waals surface area contributed by atoms with Gasteiger partial charge in [0.15, 0.2) is 9.50 Å². The van der Waals surface area contributed by atoms with E-state index in [1.165, 1.54) is 34.9 Å². The first-order chi connectivity index (χ1) is 18.5. The number of benzene rings is 3. The van der Waals surface area contributed by atoms with Crippen molar-refractivity contribution >= 4 is 79.3 Å². The zero-order valence-electron chi connectivity index (χ0n) is 20.4. The average Bonchev–Trinajstić information content (AvgIpc) is 3.54. The van der Waals surface area contributed by atoms with E-state index in [-0.39, 0.29) is 23.3 Å². The summed E-state index contributed by atoms with van der Waals surface area (Å²) in [7, 11) is 3.11. The van der Waals surface area contributed by atoms with E-state index in [9.17, 15) is 9.59 Å². The molecule has 0 unspecified atom stereocenters. The van der Waals surface area contributed by atoms with Gasteiger partial charge in [-0.15, -0.1) is 11.3 Å². The Morgan fingerprint density at radius 3 is 2.53 bits per heavy atom. The van der Waals surface area contributed by atoms with Gasteiger partial charge >= 0.3 is 0 Å². The molecule has 5 rings (SSSR count). The highest BCUT2D eigenvalue weighted by Crippen LogP contribution is 2.33. The molecule has 3 N–H and O–H groups in total. The van der Waals surface area contributed by atoms with Crippen molar-refractivity contribution in [2.24, 2.45) is 0 Å². The van der Waals surface area contributed by atoms with E-state index in [0.717, 1.165) is 25.6 Å². The van der Waals surface area contributed by atoms with Gasteiger partial charge in [-0.25, -0.2) is 9.97 Å². The number of nitrogens with one attached hydrogen (secondary N) is 3. The summed E-state index contributed by atoms with van der Waals surface area (Å²) < 4.78 is 12.2. The number of amides is 2. The van der Waals surface area contributed by atoms with E-state index in [1.807, 2.05) is 42.5 Å². The lowest BCUT2D eigenvalue weighted by molar-refractivity contribution is -0.114. The van der Waals surface area contributed by atoms with Crippen LogP contribution in [0.3, 0.4) is 0 Å². The van der Waals surface area contributed by atoms with E-state index in [4.69, 9.17) is 9.47 Å². The monoisotopic (exact) mass is 565 g/mol. The highest BCUT2D eigenvalue weighted by atomic mass is 32.2. The number of aromatic nitrogens is 3. The Hall–Kier alpha value is -3.74. The number of hydrogen-bond acceptors (Lipinski definition) is 9. The van der Waals surface area contributed by atoms with Gasteiger partial charge < -0.3 is 25.1 Å². The van der Waals surface area contributed by atoms with Gasteiger partial charge in [0.1, 0.15) is 11.5 Å². The maximum absolute atomic E-state index is 12.6. The van der Waals surface area contributed by atoms with Crippen LogP contribution < -0.4 is 20.1 Å². The van der Waals surface area contributed by atoms with Crippen LogP contribution in [0, 0.1) is 0 Å². The molecule has 0 bridgehead atoms. The second kappa shape index (κ2) is 11.8. The number of carbonyl (C=O) groups excluding carboxylic acids is 2. The first-order valence-electron chi connectivity index (χ1n) is 11.4. The van der Waals surface area contributed by atoms with Gasteiger partial charge in [-0.1, -0.05) is 35.7 Å². The average molecular weight is 566 g/mol. The summed E-state index contributed by atoms with van der Waals surface area (Å²) in [6.45, 7) is 0. The Morgan fingerprint density at radius 1 is 0.895 bits per heavy atom. The van der Waals surface area contributed by atoms with Gasteiger partial charge in [-0.2, -0.15) is 0 Å². The van der Waals surface area contributed by atoms with Crippen molar-refractivity contribution in [2.45, 2.75) is 9.50 Å². The van der Waals surface area contributed by atoms with Crippen molar-refractivity contribution in [3.05, 3.63) is 60.7 Å². The van der Waals surface area contributed by atoms with Gasteiger partial charge in [0.25, 0.3) is 0 Å². The zero-order chi connectivity index (χ0) is 26.5. The second-order valence-corrected chi connectivity index (χ2v) is 11.2. The number of para-hydroxylation sites is 2. The van der Waals surface area contributed by atoms with Crippen LogP contribution in [0.2, 0.25) is 0 Å². The molecule has 12 heteroatoms. The predicted molar refractivity (Wildman–Crippen MR) is 154 cm³/mol. The standard InChI is InChI=1S/C26H23N5O4S3/c1-34-16-8-10-21(35-2)20(12-16)28-24(33)14-37-26-31-19-9-7-15(11-22(19)38-26)27-23(32)13-36-25-29-17-5-3-4-6-18(17)30-25/h3-12H,13-14H2,1-2H3,(H,27,32)(H,28,33)(H,29,30). The van der Waals surface area contributed by atoms with E-state index in [0.29, 0.717) is 28.0 Å². The summed E-state index contributed by atoms with van der Waals surface area (Å²) in [5.74, 6) is 1.28. The molecule has 0 aliphatic carbocycles. The molecule has 0 fully saturated rings. The van der Waals surface area contributed by atoms with E-state index in [2.05, 4.69) is 25.6 Å². The fraction of sp³-hybridized carbons (Fsp3) is 0.154.